The number of hydrazine groups is 1. The number of ether oxygens (including phenoxy) is 1. The molecule has 0 aliphatic carbocycles. The molecule has 0 spiro atoms. The average Bonchev–Trinajstić information content (AvgIpc) is 2.33. The highest BCUT2D eigenvalue weighted by molar-refractivity contribution is 7.89. The summed E-state index contributed by atoms with van der Waals surface area (Å²) in [6.45, 7) is 6.52. The fourth-order valence-electron chi connectivity index (χ4n) is 1.92. The number of nitrogens with two attached hydrogens (primary N) is 1. The Bertz CT molecular complexity index is 506. The van der Waals surface area contributed by atoms with Crippen LogP contribution in [0.3, 0.4) is 0 Å². The van der Waals surface area contributed by atoms with Crippen LogP contribution in [0.4, 0.5) is 5.69 Å². The zero-order valence-corrected chi connectivity index (χ0v) is 12.3. The maximum atomic E-state index is 12.2. The summed E-state index contributed by atoms with van der Waals surface area (Å²) in [5, 5.41) is 0. The lowest BCUT2D eigenvalue weighted by Crippen LogP contribution is -2.28. The molecular formula is C12H21N3O3S. The average molecular weight is 287 g/mol. The number of hydrogen-bond acceptors (Lipinski definition) is 5. The molecule has 4 N–H and O–H groups in total. The first-order valence-corrected chi connectivity index (χ1v) is 7.56. The molecule has 6 nitrogen and oxygen atoms in total. The molecule has 0 aromatic heterocycles. The molecule has 0 saturated heterocycles. The van der Waals surface area contributed by atoms with E-state index in [0.29, 0.717) is 34.9 Å². The molecule has 0 aliphatic rings. The first kappa shape index (κ1) is 15.9. The number of nitrogens with one attached hydrogen (secondary N) is 2. The van der Waals surface area contributed by atoms with E-state index >= 15 is 0 Å². The topological polar surface area (TPSA) is 93.4 Å². The molecule has 108 valence electrons. The molecule has 0 radical (unpaired) electrons. The van der Waals surface area contributed by atoms with Crippen LogP contribution in [-0.4, -0.2) is 28.2 Å². The lowest BCUT2D eigenvalue weighted by atomic mass is 10.1. The van der Waals surface area contributed by atoms with Gasteiger partial charge in [-0.15, -0.1) is 0 Å². The Hall–Kier alpha value is -1.15. The van der Waals surface area contributed by atoms with Crippen molar-refractivity contribution in [3.8, 4) is 0 Å². The summed E-state index contributed by atoms with van der Waals surface area (Å²) >= 11 is 0. The second-order valence-corrected chi connectivity index (χ2v) is 5.88. The Morgan fingerprint density at radius 3 is 2.32 bits per heavy atom. The number of sulfonamides is 1. The highest BCUT2D eigenvalue weighted by Gasteiger charge is 2.19. The third kappa shape index (κ3) is 4.17. The van der Waals surface area contributed by atoms with Crippen molar-refractivity contribution in [3.05, 3.63) is 23.3 Å². The minimum Gasteiger partial charge on any atom is -0.380 e. The predicted molar refractivity (Wildman–Crippen MR) is 75.4 cm³/mol. The van der Waals surface area contributed by atoms with Gasteiger partial charge in [-0.05, 0) is 44.0 Å². The first-order chi connectivity index (χ1) is 8.92. The van der Waals surface area contributed by atoms with Gasteiger partial charge in [-0.3, -0.25) is 5.84 Å². The second-order valence-electron chi connectivity index (χ2n) is 4.18. The molecule has 1 aromatic rings. The molecule has 0 aliphatic heterocycles. The quantitative estimate of drug-likeness (QED) is 0.394. The van der Waals surface area contributed by atoms with Crippen LogP contribution in [0.2, 0.25) is 0 Å². The number of benzene rings is 1. The Kier molecular flexibility index (Phi) is 5.74. The zero-order chi connectivity index (χ0) is 14.5. The van der Waals surface area contributed by atoms with Gasteiger partial charge in [0, 0.05) is 18.8 Å². The molecule has 0 saturated carbocycles. The van der Waals surface area contributed by atoms with Crippen LogP contribution in [0.25, 0.3) is 0 Å². The van der Waals surface area contributed by atoms with Crippen molar-refractivity contribution in [1.29, 1.82) is 0 Å². The van der Waals surface area contributed by atoms with Crippen molar-refractivity contribution in [3.63, 3.8) is 0 Å². The molecule has 1 rings (SSSR count). The van der Waals surface area contributed by atoms with Crippen molar-refractivity contribution in [2.45, 2.75) is 25.7 Å². The van der Waals surface area contributed by atoms with E-state index in [2.05, 4.69) is 10.1 Å². The van der Waals surface area contributed by atoms with Crippen LogP contribution >= 0.6 is 0 Å². The van der Waals surface area contributed by atoms with Gasteiger partial charge in [0.2, 0.25) is 10.0 Å². The van der Waals surface area contributed by atoms with E-state index in [-0.39, 0.29) is 6.54 Å². The van der Waals surface area contributed by atoms with E-state index < -0.39 is 10.0 Å². The molecule has 0 amide bonds. The molecule has 0 fully saturated rings. The van der Waals surface area contributed by atoms with E-state index in [1.165, 1.54) is 0 Å². The standard InChI is InChI=1S/C12H21N3O3S/c1-4-18-6-5-14-19(16,17)12-9(2)7-11(15-13)8-10(12)3/h7-8,14-15H,4-6,13H2,1-3H3. The molecule has 0 unspecified atom stereocenters. The van der Waals surface area contributed by atoms with Gasteiger partial charge in [-0.2, -0.15) is 0 Å². The number of hydrogen-bond donors (Lipinski definition) is 3. The molecule has 7 heteroatoms. The van der Waals surface area contributed by atoms with Crippen LogP contribution in [0.5, 0.6) is 0 Å². The SMILES string of the molecule is CCOCCNS(=O)(=O)c1c(C)cc(NN)cc1C. The number of anilines is 1. The molecule has 0 atom stereocenters. The van der Waals surface area contributed by atoms with Gasteiger partial charge in [0.05, 0.1) is 11.5 Å². The fraction of sp³-hybridized carbons (Fsp3) is 0.500. The van der Waals surface area contributed by atoms with Crippen LogP contribution in [0, 0.1) is 13.8 Å². The fourth-order valence-corrected chi connectivity index (χ4v) is 3.38. The summed E-state index contributed by atoms with van der Waals surface area (Å²) in [5.74, 6) is 5.33. The normalized spacial score (nSPS) is 11.6. The van der Waals surface area contributed by atoms with E-state index in [9.17, 15) is 8.42 Å². The van der Waals surface area contributed by atoms with Crippen LogP contribution in [0.15, 0.2) is 17.0 Å². The zero-order valence-electron chi connectivity index (χ0n) is 11.5. The smallest absolute Gasteiger partial charge is 0.241 e. The van der Waals surface area contributed by atoms with Crippen LogP contribution in [0.1, 0.15) is 18.1 Å². The van der Waals surface area contributed by atoms with Gasteiger partial charge < -0.3 is 10.2 Å². The summed E-state index contributed by atoms with van der Waals surface area (Å²) < 4.78 is 32.1. The van der Waals surface area contributed by atoms with Gasteiger partial charge >= 0.3 is 0 Å². The maximum absolute atomic E-state index is 12.2. The minimum atomic E-state index is -3.53. The molecule has 1 aromatic carbocycles. The highest BCUT2D eigenvalue weighted by atomic mass is 32.2. The highest BCUT2D eigenvalue weighted by Crippen LogP contribution is 2.23. The number of nitrogen functional groups attached to an aromatic ring is 1. The van der Waals surface area contributed by atoms with Gasteiger partial charge in [-0.1, -0.05) is 0 Å². The van der Waals surface area contributed by atoms with Crippen LogP contribution in [-0.2, 0) is 14.8 Å². The molecule has 0 heterocycles. The molecular weight excluding hydrogens is 266 g/mol. The summed E-state index contributed by atoms with van der Waals surface area (Å²) in [6.07, 6.45) is 0. The Morgan fingerprint density at radius 1 is 1.26 bits per heavy atom. The van der Waals surface area contributed by atoms with E-state index in [0.717, 1.165) is 0 Å². The van der Waals surface area contributed by atoms with Gasteiger partial charge in [-0.25, -0.2) is 13.1 Å². The Labute approximate surface area is 114 Å². The largest absolute Gasteiger partial charge is 0.380 e. The Balaban J connectivity index is 2.95. The minimum absolute atomic E-state index is 0.256. The van der Waals surface area contributed by atoms with Crippen molar-refractivity contribution in [1.82, 2.24) is 4.72 Å². The molecule has 19 heavy (non-hydrogen) atoms. The van der Waals surface area contributed by atoms with E-state index in [4.69, 9.17) is 10.6 Å². The van der Waals surface area contributed by atoms with Gasteiger partial charge in [0.15, 0.2) is 0 Å². The second kappa shape index (κ2) is 6.85. The third-order valence-corrected chi connectivity index (χ3v) is 4.40. The maximum Gasteiger partial charge on any atom is 0.241 e. The first-order valence-electron chi connectivity index (χ1n) is 6.07. The summed E-state index contributed by atoms with van der Waals surface area (Å²) in [7, 11) is -3.53. The summed E-state index contributed by atoms with van der Waals surface area (Å²) in [6, 6.07) is 3.40. The van der Waals surface area contributed by atoms with E-state index in [1.807, 2.05) is 6.92 Å². The lowest BCUT2D eigenvalue weighted by molar-refractivity contribution is 0.153. The van der Waals surface area contributed by atoms with E-state index in [1.54, 1.807) is 26.0 Å². The summed E-state index contributed by atoms with van der Waals surface area (Å²) in [5.41, 5.74) is 4.50. The number of aryl methyl sites for hydroxylation is 2. The predicted octanol–water partition coefficient (Wildman–Crippen LogP) is 0.904. The van der Waals surface area contributed by atoms with Crippen molar-refractivity contribution >= 4 is 15.7 Å². The third-order valence-electron chi connectivity index (χ3n) is 2.64. The monoisotopic (exact) mass is 287 g/mol. The van der Waals surface area contributed by atoms with Crippen LogP contribution < -0.4 is 16.0 Å². The molecule has 0 bridgehead atoms. The summed E-state index contributed by atoms with van der Waals surface area (Å²) in [4.78, 5) is 0.294. The Morgan fingerprint density at radius 2 is 1.84 bits per heavy atom. The lowest BCUT2D eigenvalue weighted by Gasteiger charge is -2.13. The van der Waals surface area contributed by atoms with Crippen molar-refractivity contribution in [2.24, 2.45) is 5.84 Å². The van der Waals surface area contributed by atoms with Gasteiger partial charge in [0.25, 0.3) is 0 Å². The van der Waals surface area contributed by atoms with Gasteiger partial charge in [0.1, 0.15) is 0 Å². The van der Waals surface area contributed by atoms with Crippen molar-refractivity contribution < 1.29 is 13.2 Å². The van der Waals surface area contributed by atoms with Crippen molar-refractivity contribution in [2.75, 3.05) is 25.2 Å². The number of rotatable bonds is 7.